The second kappa shape index (κ2) is 6.03. The Hall–Kier alpha value is -2.19. The minimum absolute atomic E-state index is 0.0984. The number of aromatic nitrogens is 2. The predicted octanol–water partition coefficient (Wildman–Crippen LogP) is 0.979. The molecule has 3 rings (SSSR count). The first-order chi connectivity index (χ1) is 11.3. The van der Waals surface area contributed by atoms with Gasteiger partial charge in [0.2, 0.25) is 15.9 Å². The molecule has 2 atom stereocenters. The van der Waals surface area contributed by atoms with E-state index in [4.69, 9.17) is 0 Å². The molecule has 2 aromatic rings. The Labute approximate surface area is 141 Å². The largest absolute Gasteiger partial charge is 0.335 e. The van der Waals surface area contributed by atoms with Crippen LogP contribution in [0.4, 0.5) is 0 Å². The average molecular weight is 348 g/mol. The number of sulfonamides is 1. The van der Waals surface area contributed by atoms with Gasteiger partial charge in [0.25, 0.3) is 0 Å². The number of nitrogens with zero attached hydrogens (tertiary/aromatic N) is 3. The maximum Gasteiger partial charge on any atom is 0.241 e. The molecule has 0 radical (unpaired) electrons. The third-order valence-electron chi connectivity index (χ3n) is 4.44. The number of likely N-dealkylation sites (N-methyl/N-ethyl adjacent to an activating group) is 1. The summed E-state index contributed by atoms with van der Waals surface area (Å²) in [7, 11) is -0.257. The Kier molecular flexibility index (Phi) is 4.18. The predicted molar refractivity (Wildman–Crippen MR) is 88.6 cm³/mol. The second-order valence-corrected chi connectivity index (χ2v) is 7.71. The van der Waals surface area contributed by atoms with Crippen LogP contribution in [0.5, 0.6) is 0 Å². The standard InChI is InChI=1S/C16H20N4O3S/c1-11-6-4-5-7-14(11)24(22,23)18-12-10-15(21)19(2)16(12)13-8-9-17-20(13)3/h4-9,12,16,18H,10H2,1-3H3/t12-,16-/m1/s1. The lowest BCUT2D eigenvalue weighted by Crippen LogP contribution is -2.39. The van der Waals surface area contributed by atoms with Gasteiger partial charge < -0.3 is 4.90 Å². The fourth-order valence-corrected chi connectivity index (χ4v) is 4.66. The number of carbonyl (C=O) groups is 1. The highest BCUT2D eigenvalue weighted by atomic mass is 32.2. The van der Waals surface area contributed by atoms with Gasteiger partial charge in [-0.2, -0.15) is 5.10 Å². The summed E-state index contributed by atoms with van der Waals surface area (Å²) < 4.78 is 29.9. The fourth-order valence-electron chi connectivity index (χ4n) is 3.17. The van der Waals surface area contributed by atoms with Gasteiger partial charge in [0.05, 0.1) is 22.7 Å². The summed E-state index contributed by atoms with van der Waals surface area (Å²) in [6, 6.07) is 7.67. The molecule has 1 aliphatic heterocycles. The van der Waals surface area contributed by atoms with Crippen LogP contribution in [0.1, 0.15) is 23.7 Å². The van der Waals surface area contributed by atoms with Crippen molar-refractivity contribution >= 4 is 15.9 Å². The van der Waals surface area contributed by atoms with Crippen LogP contribution >= 0.6 is 0 Å². The minimum Gasteiger partial charge on any atom is -0.335 e. The molecule has 1 aromatic heterocycles. The molecule has 2 heterocycles. The maximum absolute atomic E-state index is 12.8. The number of nitrogens with one attached hydrogen (secondary N) is 1. The number of benzene rings is 1. The van der Waals surface area contributed by atoms with Gasteiger partial charge in [-0.15, -0.1) is 0 Å². The number of amides is 1. The van der Waals surface area contributed by atoms with Crippen molar-refractivity contribution in [1.82, 2.24) is 19.4 Å². The fraction of sp³-hybridized carbons (Fsp3) is 0.375. The van der Waals surface area contributed by atoms with Gasteiger partial charge >= 0.3 is 0 Å². The number of hydrogen-bond donors (Lipinski definition) is 1. The van der Waals surface area contributed by atoms with Gasteiger partial charge in [0.1, 0.15) is 0 Å². The molecule has 24 heavy (non-hydrogen) atoms. The van der Waals surface area contributed by atoms with E-state index in [2.05, 4.69) is 9.82 Å². The molecule has 1 N–H and O–H groups in total. The van der Waals surface area contributed by atoms with Crippen molar-refractivity contribution in [2.24, 2.45) is 7.05 Å². The van der Waals surface area contributed by atoms with Gasteiger partial charge in [-0.1, -0.05) is 18.2 Å². The molecule has 0 aliphatic carbocycles. The van der Waals surface area contributed by atoms with Gasteiger partial charge in [0, 0.05) is 26.7 Å². The summed E-state index contributed by atoms with van der Waals surface area (Å²) in [5.74, 6) is -0.0984. The Morgan fingerprint density at radius 3 is 2.54 bits per heavy atom. The van der Waals surface area contributed by atoms with Crippen LogP contribution in [0, 0.1) is 6.92 Å². The molecule has 0 bridgehead atoms. The van der Waals surface area contributed by atoms with Crippen molar-refractivity contribution in [2.45, 2.75) is 30.3 Å². The maximum atomic E-state index is 12.8. The Bertz CT molecular complexity index is 875. The molecule has 1 fully saturated rings. The first-order valence-electron chi connectivity index (χ1n) is 7.63. The molecule has 1 aromatic carbocycles. The molecule has 1 aliphatic rings. The molecule has 128 valence electrons. The summed E-state index contributed by atoms with van der Waals surface area (Å²) in [6.07, 6.45) is 1.76. The van der Waals surface area contributed by atoms with E-state index in [1.807, 2.05) is 0 Å². The van der Waals surface area contributed by atoms with Gasteiger partial charge in [-0.25, -0.2) is 13.1 Å². The minimum atomic E-state index is -3.72. The normalized spacial score (nSPS) is 21.5. The molecule has 0 spiro atoms. The van der Waals surface area contributed by atoms with Crippen molar-refractivity contribution in [3.05, 3.63) is 47.8 Å². The quantitative estimate of drug-likeness (QED) is 0.893. The van der Waals surface area contributed by atoms with Crippen molar-refractivity contribution < 1.29 is 13.2 Å². The second-order valence-electron chi connectivity index (χ2n) is 6.03. The molecule has 8 heteroatoms. The zero-order chi connectivity index (χ0) is 17.5. The first-order valence-corrected chi connectivity index (χ1v) is 9.11. The number of aryl methyl sites for hydroxylation is 2. The van der Waals surface area contributed by atoms with E-state index in [-0.39, 0.29) is 23.3 Å². The molecular weight excluding hydrogens is 328 g/mol. The van der Waals surface area contributed by atoms with Gasteiger partial charge in [0.15, 0.2) is 0 Å². The molecule has 0 unspecified atom stereocenters. The molecular formula is C16H20N4O3S. The molecule has 1 saturated heterocycles. The van der Waals surface area contributed by atoms with E-state index in [0.29, 0.717) is 5.56 Å². The number of rotatable bonds is 4. The lowest BCUT2D eigenvalue weighted by molar-refractivity contribution is -0.127. The molecule has 7 nitrogen and oxygen atoms in total. The van der Waals surface area contributed by atoms with E-state index < -0.39 is 16.1 Å². The van der Waals surface area contributed by atoms with Gasteiger partial charge in [-0.3, -0.25) is 9.48 Å². The highest BCUT2D eigenvalue weighted by Crippen LogP contribution is 2.32. The van der Waals surface area contributed by atoms with Crippen molar-refractivity contribution in [2.75, 3.05) is 7.05 Å². The van der Waals surface area contributed by atoms with E-state index in [1.165, 1.54) is 0 Å². The summed E-state index contributed by atoms with van der Waals surface area (Å²) in [5, 5.41) is 4.13. The zero-order valence-electron chi connectivity index (χ0n) is 13.8. The summed E-state index contributed by atoms with van der Waals surface area (Å²) in [4.78, 5) is 14.0. The van der Waals surface area contributed by atoms with Gasteiger partial charge in [-0.05, 0) is 24.6 Å². The summed E-state index contributed by atoms with van der Waals surface area (Å²) >= 11 is 0. The monoisotopic (exact) mass is 348 g/mol. The Morgan fingerprint density at radius 2 is 1.92 bits per heavy atom. The smallest absolute Gasteiger partial charge is 0.241 e. The first kappa shape index (κ1) is 16.7. The number of likely N-dealkylation sites (tertiary alicyclic amines) is 1. The number of carbonyl (C=O) groups excluding carboxylic acids is 1. The summed E-state index contributed by atoms with van der Waals surface area (Å²) in [6.45, 7) is 1.75. The van der Waals surface area contributed by atoms with E-state index in [0.717, 1.165) is 5.69 Å². The molecule has 0 saturated carbocycles. The zero-order valence-corrected chi connectivity index (χ0v) is 14.6. The third kappa shape index (κ3) is 2.83. The lowest BCUT2D eigenvalue weighted by Gasteiger charge is -2.25. The summed E-state index contributed by atoms with van der Waals surface area (Å²) in [5.41, 5.74) is 1.46. The van der Waals surface area contributed by atoms with Crippen molar-refractivity contribution in [3.8, 4) is 0 Å². The van der Waals surface area contributed by atoms with Crippen molar-refractivity contribution in [1.29, 1.82) is 0 Å². The van der Waals surface area contributed by atoms with E-state index in [9.17, 15) is 13.2 Å². The van der Waals surface area contributed by atoms with Crippen LogP contribution in [-0.4, -0.2) is 42.1 Å². The lowest BCUT2D eigenvalue weighted by atomic mass is 10.1. The van der Waals surface area contributed by atoms with Crippen LogP contribution < -0.4 is 4.72 Å². The highest BCUT2D eigenvalue weighted by molar-refractivity contribution is 7.89. The number of hydrogen-bond acceptors (Lipinski definition) is 4. The topological polar surface area (TPSA) is 84.3 Å². The average Bonchev–Trinajstić information content (AvgIpc) is 3.03. The third-order valence-corrected chi connectivity index (χ3v) is 6.09. The SMILES string of the molecule is Cc1ccccc1S(=O)(=O)N[C@@H]1CC(=O)N(C)[C@H]1c1ccnn1C. The van der Waals surface area contributed by atoms with E-state index in [1.54, 1.807) is 67.1 Å². The molecule has 1 amide bonds. The highest BCUT2D eigenvalue weighted by Gasteiger charge is 2.42. The van der Waals surface area contributed by atoms with Crippen LogP contribution in [0.3, 0.4) is 0 Å². The van der Waals surface area contributed by atoms with E-state index >= 15 is 0 Å². The van der Waals surface area contributed by atoms with Crippen LogP contribution in [0.2, 0.25) is 0 Å². The van der Waals surface area contributed by atoms with Crippen LogP contribution in [-0.2, 0) is 21.9 Å². The Morgan fingerprint density at radius 1 is 1.21 bits per heavy atom. The van der Waals surface area contributed by atoms with Crippen LogP contribution in [0.15, 0.2) is 41.4 Å². The van der Waals surface area contributed by atoms with Crippen molar-refractivity contribution in [3.63, 3.8) is 0 Å². The van der Waals surface area contributed by atoms with Crippen LogP contribution in [0.25, 0.3) is 0 Å². The Balaban J connectivity index is 1.95.